The van der Waals surface area contributed by atoms with E-state index >= 15 is 0 Å². The largest absolute Gasteiger partial charge is 0.480 e. The highest BCUT2D eigenvalue weighted by atomic mass is 32.2. The molecule has 0 saturated heterocycles. The standard InChI is InChI=1S/C5H10O5S/c1-2-10-4-11(8,9)3-5(6)7/h2-4H2,1H3,(H,6,7). The topological polar surface area (TPSA) is 80.7 Å². The Balaban J connectivity index is 3.92. The molecule has 0 aromatic carbocycles. The van der Waals surface area contributed by atoms with Gasteiger partial charge in [0.25, 0.3) is 0 Å². The number of sulfone groups is 1. The molecule has 0 spiro atoms. The summed E-state index contributed by atoms with van der Waals surface area (Å²) in [6.45, 7) is 1.90. The van der Waals surface area contributed by atoms with Crippen molar-refractivity contribution in [2.75, 3.05) is 18.3 Å². The van der Waals surface area contributed by atoms with Crippen LogP contribution < -0.4 is 0 Å². The molecule has 0 radical (unpaired) electrons. The number of hydrogen-bond acceptors (Lipinski definition) is 4. The Bertz CT molecular complexity index is 217. The maximum atomic E-state index is 10.7. The summed E-state index contributed by atoms with van der Waals surface area (Å²) in [7, 11) is -3.56. The predicted octanol–water partition coefficient (Wildman–Crippen LogP) is -0.520. The lowest BCUT2D eigenvalue weighted by Gasteiger charge is -1.99. The molecule has 66 valence electrons. The molecule has 0 heterocycles. The van der Waals surface area contributed by atoms with Gasteiger partial charge >= 0.3 is 5.97 Å². The molecule has 0 bridgehead atoms. The predicted molar refractivity (Wildman–Crippen MR) is 37.9 cm³/mol. The van der Waals surface area contributed by atoms with Crippen LogP contribution in [-0.4, -0.2) is 37.8 Å². The summed E-state index contributed by atoms with van der Waals surface area (Å²) in [5.41, 5.74) is 0. The summed E-state index contributed by atoms with van der Waals surface area (Å²) in [6.07, 6.45) is 0. The van der Waals surface area contributed by atoms with Crippen LogP contribution >= 0.6 is 0 Å². The van der Waals surface area contributed by atoms with Crippen LogP contribution in [0.25, 0.3) is 0 Å². The molecule has 0 amide bonds. The Morgan fingerprint density at radius 3 is 2.45 bits per heavy atom. The summed E-state index contributed by atoms with van der Waals surface area (Å²) in [6, 6.07) is 0. The third kappa shape index (κ3) is 5.81. The first-order valence-electron chi connectivity index (χ1n) is 2.98. The van der Waals surface area contributed by atoms with E-state index in [4.69, 9.17) is 5.11 Å². The molecule has 5 nitrogen and oxygen atoms in total. The van der Waals surface area contributed by atoms with E-state index in [0.29, 0.717) is 0 Å². The zero-order chi connectivity index (χ0) is 8.91. The van der Waals surface area contributed by atoms with E-state index in [1.54, 1.807) is 6.92 Å². The molecule has 6 heteroatoms. The van der Waals surface area contributed by atoms with Crippen molar-refractivity contribution in [1.82, 2.24) is 0 Å². The number of hydrogen-bond donors (Lipinski definition) is 1. The first kappa shape index (κ1) is 10.4. The number of ether oxygens (including phenoxy) is 1. The molecule has 0 unspecified atom stereocenters. The van der Waals surface area contributed by atoms with Crippen LogP contribution in [0.2, 0.25) is 0 Å². The minimum atomic E-state index is -3.56. The van der Waals surface area contributed by atoms with Crippen molar-refractivity contribution in [2.45, 2.75) is 6.92 Å². The van der Waals surface area contributed by atoms with Crippen LogP contribution in [0.1, 0.15) is 6.92 Å². The molecule has 0 saturated carbocycles. The fourth-order valence-electron chi connectivity index (χ4n) is 0.440. The Morgan fingerprint density at radius 1 is 1.55 bits per heavy atom. The summed E-state index contributed by atoms with van der Waals surface area (Å²) >= 11 is 0. The fourth-order valence-corrected chi connectivity index (χ4v) is 1.32. The molecule has 0 aromatic rings. The van der Waals surface area contributed by atoms with Crippen LogP contribution in [0.15, 0.2) is 0 Å². The average molecular weight is 182 g/mol. The molecular weight excluding hydrogens is 172 g/mol. The van der Waals surface area contributed by atoms with E-state index in [-0.39, 0.29) is 6.61 Å². The van der Waals surface area contributed by atoms with Gasteiger partial charge in [0.15, 0.2) is 9.84 Å². The van der Waals surface area contributed by atoms with Gasteiger partial charge < -0.3 is 9.84 Å². The molecule has 0 aliphatic carbocycles. The monoisotopic (exact) mass is 182 g/mol. The van der Waals surface area contributed by atoms with Gasteiger partial charge in [0.05, 0.1) is 0 Å². The summed E-state index contributed by atoms with van der Waals surface area (Å²) in [5, 5.41) is 8.11. The highest BCUT2D eigenvalue weighted by Gasteiger charge is 2.14. The van der Waals surface area contributed by atoms with E-state index in [0.717, 1.165) is 0 Å². The number of carbonyl (C=O) groups is 1. The number of rotatable bonds is 5. The van der Waals surface area contributed by atoms with Crippen LogP contribution in [0, 0.1) is 0 Å². The minimum Gasteiger partial charge on any atom is -0.480 e. The van der Waals surface area contributed by atoms with Crippen LogP contribution in [-0.2, 0) is 19.4 Å². The molecule has 0 fully saturated rings. The molecule has 0 aliphatic heterocycles. The van der Waals surface area contributed by atoms with Crippen molar-refractivity contribution >= 4 is 15.8 Å². The van der Waals surface area contributed by atoms with Crippen molar-refractivity contribution in [3.63, 3.8) is 0 Å². The zero-order valence-electron chi connectivity index (χ0n) is 6.11. The summed E-state index contributed by atoms with van der Waals surface area (Å²) < 4.78 is 25.9. The lowest BCUT2D eigenvalue weighted by molar-refractivity contribution is -0.134. The van der Waals surface area contributed by atoms with Gasteiger partial charge in [-0.2, -0.15) is 0 Å². The van der Waals surface area contributed by atoms with Gasteiger partial charge in [-0.3, -0.25) is 4.79 Å². The van der Waals surface area contributed by atoms with Crippen LogP contribution in [0.3, 0.4) is 0 Å². The van der Waals surface area contributed by atoms with Gasteiger partial charge in [-0.25, -0.2) is 8.42 Å². The second-order valence-corrected chi connectivity index (χ2v) is 3.90. The number of aliphatic carboxylic acids is 1. The molecular formula is C5H10O5S. The molecule has 0 rings (SSSR count). The van der Waals surface area contributed by atoms with Crippen molar-refractivity contribution in [1.29, 1.82) is 0 Å². The quantitative estimate of drug-likeness (QED) is 0.618. The van der Waals surface area contributed by atoms with Crippen molar-refractivity contribution in [3.05, 3.63) is 0 Å². The van der Waals surface area contributed by atoms with Crippen LogP contribution in [0.5, 0.6) is 0 Å². The smallest absolute Gasteiger partial charge is 0.318 e. The first-order chi connectivity index (χ1) is 4.98. The van der Waals surface area contributed by atoms with E-state index in [2.05, 4.69) is 4.74 Å². The second-order valence-electron chi connectivity index (χ2n) is 1.89. The van der Waals surface area contributed by atoms with Gasteiger partial charge in [-0.1, -0.05) is 0 Å². The number of carboxylic acids is 1. The summed E-state index contributed by atoms with van der Waals surface area (Å²) in [5.74, 6) is -2.74. The van der Waals surface area contributed by atoms with Gasteiger partial charge in [0, 0.05) is 6.61 Å². The third-order valence-corrected chi connectivity index (χ3v) is 2.02. The third-order valence-electron chi connectivity index (χ3n) is 0.810. The van der Waals surface area contributed by atoms with E-state index in [1.807, 2.05) is 0 Å². The van der Waals surface area contributed by atoms with Crippen molar-refractivity contribution in [2.24, 2.45) is 0 Å². The average Bonchev–Trinajstić information content (AvgIpc) is 1.81. The SMILES string of the molecule is CCOCS(=O)(=O)CC(=O)O. The fraction of sp³-hybridized carbons (Fsp3) is 0.800. The maximum Gasteiger partial charge on any atom is 0.318 e. The van der Waals surface area contributed by atoms with E-state index in [1.165, 1.54) is 0 Å². The summed E-state index contributed by atoms with van der Waals surface area (Å²) in [4.78, 5) is 9.94. The first-order valence-corrected chi connectivity index (χ1v) is 4.80. The minimum absolute atomic E-state index is 0.263. The van der Waals surface area contributed by atoms with Gasteiger partial charge in [-0.15, -0.1) is 0 Å². The molecule has 11 heavy (non-hydrogen) atoms. The van der Waals surface area contributed by atoms with Gasteiger partial charge in [-0.05, 0) is 6.92 Å². The van der Waals surface area contributed by atoms with E-state index in [9.17, 15) is 13.2 Å². The normalized spacial score (nSPS) is 11.4. The maximum absolute atomic E-state index is 10.7. The van der Waals surface area contributed by atoms with Gasteiger partial charge in [0.2, 0.25) is 0 Å². The van der Waals surface area contributed by atoms with Gasteiger partial charge in [0.1, 0.15) is 11.7 Å². The van der Waals surface area contributed by atoms with Crippen LogP contribution in [0.4, 0.5) is 0 Å². The molecule has 0 aromatic heterocycles. The lowest BCUT2D eigenvalue weighted by Crippen LogP contribution is -2.19. The highest BCUT2D eigenvalue weighted by molar-refractivity contribution is 7.91. The second kappa shape index (κ2) is 4.30. The Hall–Kier alpha value is -0.620. The number of carboxylic acid groups (broad SMARTS) is 1. The molecule has 0 aliphatic rings. The van der Waals surface area contributed by atoms with E-state index < -0.39 is 27.5 Å². The highest BCUT2D eigenvalue weighted by Crippen LogP contribution is 1.90. The Morgan fingerprint density at radius 2 is 2.09 bits per heavy atom. The lowest BCUT2D eigenvalue weighted by atomic mass is 10.8. The van der Waals surface area contributed by atoms with Crippen molar-refractivity contribution in [3.8, 4) is 0 Å². The Kier molecular flexibility index (Phi) is 4.06. The molecule has 0 atom stereocenters. The Labute approximate surface area is 64.9 Å². The molecule has 1 N–H and O–H groups in total. The van der Waals surface area contributed by atoms with Crippen molar-refractivity contribution < 1.29 is 23.1 Å². The zero-order valence-corrected chi connectivity index (χ0v) is 6.93.